The topological polar surface area (TPSA) is 61.1 Å². The summed E-state index contributed by atoms with van der Waals surface area (Å²) in [5.41, 5.74) is 6.21. The number of allylic oxidation sites excluding steroid dienone is 8. The standard InChI is InChI=1S/C24H25NO2/c1-14(2)23(18(6)26)24(20-8-7-19(13-25)12-17(20)5)21-10-15(3)9-16(4)11-22(21)27/h7-12,24,27H,4H2,1-3,5-6H3. The maximum Gasteiger partial charge on any atom is 0.156 e. The summed E-state index contributed by atoms with van der Waals surface area (Å²) < 4.78 is 0. The number of Topliss-reactive ketones (excluding diaryl/α,β-unsaturated/α-hetero) is 1. The predicted molar refractivity (Wildman–Crippen MR) is 109 cm³/mol. The molecule has 27 heavy (non-hydrogen) atoms. The Morgan fingerprint density at radius 2 is 1.81 bits per heavy atom. The molecule has 0 amide bonds. The predicted octanol–water partition coefficient (Wildman–Crippen LogP) is 5.76. The van der Waals surface area contributed by atoms with E-state index >= 15 is 0 Å². The van der Waals surface area contributed by atoms with Gasteiger partial charge >= 0.3 is 0 Å². The first-order valence-corrected chi connectivity index (χ1v) is 8.84. The molecule has 0 aromatic heterocycles. The molecule has 0 fully saturated rings. The van der Waals surface area contributed by atoms with Crippen LogP contribution < -0.4 is 0 Å². The quantitative estimate of drug-likeness (QED) is 0.695. The highest BCUT2D eigenvalue weighted by atomic mass is 16.3. The van der Waals surface area contributed by atoms with Crippen LogP contribution in [0.5, 0.6) is 0 Å². The maximum atomic E-state index is 12.5. The highest BCUT2D eigenvalue weighted by molar-refractivity contribution is 5.96. The van der Waals surface area contributed by atoms with Crippen molar-refractivity contribution in [2.24, 2.45) is 0 Å². The van der Waals surface area contributed by atoms with Crippen molar-refractivity contribution >= 4 is 5.78 Å². The Kier molecular flexibility index (Phi) is 6.02. The zero-order chi connectivity index (χ0) is 20.3. The van der Waals surface area contributed by atoms with Gasteiger partial charge in [0.05, 0.1) is 11.6 Å². The molecule has 1 N–H and O–H groups in total. The number of aliphatic hydroxyl groups is 1. The summed E-state index contributed by atoms with van der Waals surface area (Å²) in [7, 11) is 0. The van der Waals surface area contributed by atoms with Crippen molar-refractivity contribution in [2.45, 2.75) is 40.5 Å². The second-order valence-electron chi connectivity index (χ2n) is 7.18. The molecule has 1 aromatic carbocycles. The van der Waals surface area contributed by atoms with Crippen LogP contribution in [-0.4, -0.2) is 10.9 Å². The molecule has 1 aliphatic carbocycles. The van der Waals surface area contributed by atoms with Gasteiger partial charge in [-0.2, -0.15) is 5.26 Å². The van der Waals surface area contributed by atoms with E-state index in [1.54, 1.807) is 19.1 Å². The fourth-order valence-corrected chi connectivity index (χ4v) is 3.58. The summed E-state index contributed by atoms with van der Waals surface area (Å²) in [6.45, 7) is 13.2. The first-order valence-electron chi connectivity index (χ1n) is 8.84. The lowest BCUT2D eigenvalue weighted by molar-refractivity contribution is -0.113. The van der Waals surface area contributed by atoms with Crippen LogP contribution in [0.15, 0.2) is 76.6 Å². The summed E-state index contributed by atoms with van der Waals surface area (Å²) in [4.78, 5) is 12.5. The minimum Gasteiger partial charge on any atom is -0.508 e. The number of hydrogen-bond acceptors (Lipinski definition) is 3. The minimum atomic E-state index is -0.425. The first-order chi connectivity index (χ1) is 12.6. The van der Waals surface area contributed by atoms with E-state index in [1.807, 2.05) is 52.0 Å². The largest absolute Gasteiger partial charge is 0.508 e. The van der Waals surface area contributed by atoms with Gasteiger partial charge in [-0.05, 0) is 69.5 Å². The molecule has 1 aromatic rings. The highest BCUT2D eigenvalue weighted by Crippen LogP contribution is 2.40. The minimum absolute atomic E-state index is 0.0397. The molecule has 1 unspecified atom stereocenters. The Balaban J connectivity index is 2.84. The lowest BCUT2D eigenvalue weighted by atomic mass is 9.78. The molecule has 0 heterocycles. The lowest BCUT2D eigenvalue weighted by Gasteiger charge is -2.25. The van der Waals surface area contributed by atoms with E-state index in [1.165, 1.54) is 0 Å². The summed E-state index contributed by atoms with van der Waals surface area (Å²) in [6.07, 6.45) is 5.41. The molecule has 0 radical (unpaired) electrons. The van der Waals surface area contributed by atoms with Gasteiger partial charge in [0.25, 0.3) is 0 Å². The monoisotopic (exact) mass is 359 g/mol. The van der Waals surface area contributed by atoms with Crippen LogP contribution >= 0.6 is 0 Å². The van der Waals surface area contributed by atoms with Crippen LogP contribution in [0.1, 0.15) is 50.3 Å². The van der Waals surface area contributed by atoms with Gasteiger partial charge in [0.15, 0.2) is 5.78 Å². The first kappa shape index (κ1) is 20.2. The van der Waals surface area contributed by atoms with Gasteiger partial charge in [-0.3, -0.25) is 4.79 Å². The Morgan fingerprint density at radius 3 is 2.33 bits per heavy atom. The Hall–Kier alpha value is -3.12. The van der Waals surface area contributed by atoms with Crippen molar-refractivity contribution in [3.63, 3.8) is 0 Å². The molecule has 138 valence electrons. The number of nitrogens with zero attached hydrogens (tertiary/aromatic N) is 1. The van der Waals surface area contributed by atoms with E-state index in [2.05, 4.69) is 12.6 Å². The van der Waals surface area contributed by atoms with Crippen molar-refractivity contribution in [1.29, 1.82) is 5.26 Å². The third kappa shape index (κ3) is 4.35. The number of ketones is 1. The van der Waals surface area contributed by atoms with Gasteiger partial charge < -0.3 is 5.11 Å². The normalized spacial score (nSPS) is 15.0. The molecule has 3 nitrogen and oxygen atoms in total. The van der Waals surface area contributed by atoms with Crippen molar-refractivity contribution in [3.05, 3.63) is 93.3 Å². The van der Waals surface area contributed by atoms with Crippen molar-refractivity contribution in [3.8, 4) is 6.07 Å². The van der Waals surface area contributed by atoms with Crippen LogP contribution in [-0.2, 0) is 4.79 Å². The number of nitriles is 1. The van der Waals surface area contributed by atoms with Crippen LogP contribution in [0.2, 0.25) is 0 Å². The fourth-order valence-electron chi connectivity index (χ4n) is 3.58. The van der Waals surface area contributed by atoms with Crippen molar-refractivity contribution in [1.82, 2.24) is 0 Å². The van der Waals surface area contributed by atoms with Gasteiger partial charge in [0, 0.05) is 17.1 Å². The summed E-state index contributed by atoms with van der Waals surface area (Å²) in [5, 5.41) is 20.0. The molecular formula is C24H25NO2. The maximum absolute atomic E-state index is 12.5. The van der Waals surface area contributed by atoms with Crippen molar-refractivity contribution in [2.75, 3.05) is 0 Å². The Labute approximate surface area is 161 Å². The number of rotatable bonds is 4. The number of benzene rings is 1. The van der Waals surface area contributed by atoms with Gasteiger partial charge in [0.1, 0.15) is 5.76 Å². The number of aryl methyl sites for hydroxylation is 1. The third-order valence-electron chi connectivity index (χ3n) is 4.64. The second-order valence-corrected chi connectivity index (χ2v) is 7.18. The molecule has 1 atom stereocenters. The number of aliphatic hydroxyl groups excluding tert-OH is 1. The molecule has 0 bridgehead atoms. The lowest BCUT2D eigenvalue weighted by Crippen LogP contribution is -2.16. The van der Waals surface area contributed by atoms with Crippen LogP contribution in [0.25, 0.3) is 0 Å². The number of carbonyl (C=O) groups excluding carboxylic acids is 1. The molecule has 0 saturated heterocycles. The van der Waals surface area contributed by atoms with Gasteiger partial charge in [-0.1, -0.05) is 35.9 Å². The molecule has 0 spiro atoms. The number of hydrogen-bond donors (Lipinski definition) is 1. The van der Waals surface area contributed by atoms with Crippen LogP contribution in [0.3, 0.4) is 0 Å². The van der Waals surface area contributed by atoms with E-state index in [0.29, 0.717) is 22.3 Å². The molecule has 0 aliphatic heterocycles. The van der Waals surface area contributed by atoms with Gasteiger partial charge in [0.2, 0.25) is 0 Å². The third-order valence-corrected chi connectivity index (χ3v) is 4.64. The summed E-state index contributed by atoms with van der Waals surface area (Å²) >= 11 is 0. The van der Waals surface area contributed by atoms with Gasteiger partial charge in [-0.25, -0.2) is 0 Å². The zero-order valence-corrected chi connectivity index (χ0v) is 16.6. The molecular weight excluding hydrogens is 334 g/mol. The van der Waals surface area contributed by atoms with E-state index in [9.17, 15) is 15.2 Å². The van der Waals surface area contributed by atoms with E-state index in [-0.39, 0.29) is 11.5 Å². The fraction of sp³-hybridized carbons (Fsp3) is 0.250. The van der Waals surface area contributed by atoms with E-state index < -0.39 is 5.92 Å². The van der Waals surface area contributed by atoms with Gasteiger partial charge in [-0.15, -0.1) is 0 Å². The zero-order valence-electron chi connectivity index (χ0n) is 16.6. The highest BCUT2D eigenvalue weighted by Gasteiger charge is 2.29. The van der Waals surface area contributed by atoms with Crippen LogP contribution in [0.4, 0.5) is 0 Å². The average molecular weight is 359 g/mol. The second kappa shape index (κ2) is 8.05. The molecule has 1 aliphatic rings. The van der Waals surface area contributed by atoms with Crippen molar-refractivity contribution < 1.29 is 9.90 Å². The summed E-state index contributed by atoms with van der Waals surface area (Å²) in [6, 6.07) is 7.58. The average Bonchev–Trinajstić information content (AvgIpc) is 2.68. The Bertz CT molecular complexity index is 974. The molecule has 0 saturated carbocycles. The van der Waals surface area contributed by atoms with Crippen LogP contribution in [0, 0.1) is 18.3 Å². The smallest absolute Gasteiger partial charge is 0.156 e. The summed E-state index contributed by atoms with van der Waals surface area (Å²) in [5.74, 6) is -0.366. The van der Waals surface area contributed by atoms with E-state index in [4.69, 9.17) is 0 Å². The molecule has 3 heteroatoms. The number of carbonyl (C=O) groups is 1. The Morgan fingerprint density at radius 1 is 1.15 bits per heavy atom. The SMILES string of the molecule is C=C1C=C(C)C=C(C(C(C(C)=O)=C(C)C)c2ccc(C#N)cc2C)C(O)=C1. The molecule has 2 rings (SSSR count). The van der Waals surface area contributed by atoms with E-state index in [0.717, 1.165) is 22.3 Å².